The highest BCUT2D eigenvalue weighted by Crippen LogP contribution is 2.04. The van der Waals surface area contributed by atoms with Crippen LogP contribution >= 0.6 is 0 Å². The maximum absolute atomic E-state index is 12.7. The maximum Gasteiger partial charge on any atom is 0.326 e. The van der Waals surface area contributed by atoms with Gasteiger partial charge in [0.05, 0.1) is 19.0 Å². The molecule has 14 heteroatoms. The summed E-state index contributed by atoms with van der Waals surface area (Å²) in [7, 11) is 0. The lowest BCUT2D eigenvalue weighted by atomic mass is 10.1. The van der Waals surface area contributed by atoms with Gasteiger partial charge in [0.2, 0.25) is 17.7 Å². The predicted octanol–water partition coefficient (Wildman–Crippen LogP) is -3.30. The number of nitrogens with two attached hydrogens (primary N) is 1. The van der Waals surface area contributed by atoms with Crippen molar-refractivity contribution in [2.45, 2.75) is 50.4 Å². The number of H-pyrrole nitrogens is 1. The molecule has 172 valence electrons. The van der Waals surface area contributed by atoms with Gasteiger partial charge in [0.1, 0.15) is 18.1 Å². The second-order valence-electron chi connectivity index (χ2n) is 6.71. The Kier molecular flexibility index (Phi) is 10.1. The van der Waals surface area contributed by atoms with Crippen molar-refractivity contribution in [1.82, 2.24) is 25.9 Å². The lowest BCUT2D eigenvalue weighted by Crippen LogP contribution is -2.58. The average Bonchev–Trinajstić information content (AvgIpc) is 3.20. The van der Waals surface area contributed by atoms with Crippen molar-refractivity contribution in [2.75, 3.05) is 6.61 Å². The van der Waals surface area contributed by atoms with Crippen molar-refractivity contribution in [3.8, 4) is 0 Å². The van der Waals surface area contributed by atoms with Gasteiger partial charge in [0, 0.05) is 24.7 Å². The number of carbonyl (C=O) groups excluding carboxylic acids is 3. The highest BCUT2D eigenvalue weighted by atomic mass is 16.4. The van der Waals surface area contributed by atoms with Gasteiger partial charge in [-0.3, -0.25) is 19.2 Å². The minimum Gasteiger partial charge on any atom is -0.481 e. The fourth-order valence-corrected chi connectivity index (χ4v) is 2.39. The second kappa shape index (κ2) is 12.2. The molecule has 31 heavy (non-hydrogen) atoms. The molecule has 0 saturated carbocycles. The quantitative estimate of drug-likeness (QED) is 0.151. The van der Waals surface area contributed by atoms with Crippen LogP contribution in [0.15, 0.2) is 12.5 Å². The number of amides is 3. The molecule has 0 radical (unpaired) electrons. The molecule has 0 bridgehead atoms. The Balaban J connectivity index is 2.95. The largest absolute Gasteiger partial charge is 0.481 e. The first-order valence-corrected chi connectivity index (χ1v) is 9.24. The van der Waals surface area contributed by atoms with E-state index in [1.165, 1.54) is 19.4 Å². The molecular formula is C17H26N6O8. The molecule has 0 aliphatic rings. The predicted molar refractivity (Wildman–Crippen MR) is 103 cm³/mol. The van der Waals surface area contributed by atoms with Crippen molar-refractivity contribution in [1.29, 1.82) is 0 Å². The van der Waals surface area contributed by atoms with Gasteiger partial charge in [-0.15, -0.1) is 0 Å². The molecule has 1 aromatic rings. The van der Waals surface area contributed by atoms with Crippen LogP contribution in [0.3, 0.4) is 0 Å². The molecule has 9 N–H and O–H groups in total. The van der Waals surface area contributed by atoms with E-state index in [9.17, 15) is 34.2 Å². The van der Waals surface area contributed by atoms with Crippen molar-refractivity contribution in [2.24, 2.45) is 5.73 Å². The van der Waals surface area contributed by atoms with E-state index in [0.717, 1.165) is 0 Å². The number of hydrogen-bond acceptors (Lipinski definition) is 8. The number of nitrogens with one attached hydrogen (secondary N) is 4. The molecular weight excluding hydrogens is 416 g/mol. The van der Waals surface area contributed by atoms with Crippen LogP contribution in [0.5, 0.6) is 0 Å². The molecule has 0 aliphatic heterocycles. The van der Waals surface area contributed by atoms with Crippen molar-refractivity contribution < 1.29 is 39.3 Å². The fraction of sp³-hybridized carbons (Fsp3) is 0.529. The van der Waals surface area contributed by atoms with E-state index in [0.29, 0.717) is 5.69 Å². The zero-order valence-corrected chi connectivity index (χ0v) is 16.7. The van der Waals surface area contributed by atoms with Crippen LogP contribution in [0.2, 0.25) is 0 Å². The Labute approximate surface area is 176 Å². The zero-order chi connectivity index (χ0) is 23.6. The number of imidazole rings is 1. The number of carboxylic acids is 2. The summed E-state index contributed by atoms with van der Waals surface area (Å²) >= 11 is 0. The van der Waals surface area contributed by atoms with E-state index in [4.69, 9.17) is 10.8 Å². The summed E-state index contributed by atoms with van der Waals surface area (Å²) in [5.74, 6) is -5.20. The van der Waals surface area contributed by atoms with Gasteiger partial charge in [-0.1, -0.05) is 0 Å². The molecule has 4 unspecified atom stereocenters. The minimum absolute atomic E-state index is 0.123. The minimum atomic E-state index is -1.50. The number of rotatable bonds is 13. The fourth-order valence-electron chi connectivity index (χ4n) is 2.39. The third-order valence-electron chi connectivity index (χ3n) is 4.10. The Morgan fingerprint density at radius 1 is 1.03 bits per heavy atom. The molecule has 3 amide bonds. The first-order chi connectivity index (χ1) is 14.5. The summed E-state index contributed by atoms with van der Waals surface area (Å²) < 4.78 is 0. The van der Waals surface area contributed by atoms with E-state index in [1.807, 2.05) is 0 Å². The summed E-state index contributed by atoms with van der Waals surface area (Å²) in [6, 6.07) is -5.17. The Morgan fingerprint density at radius 3 is 2.10 bits per heavy atom. The monoisotopic (exact) mass is 442 g/mol. The van der Waals surface area contributed by atoms with Crippen molar-refractivity contribution in [3.05, 3.63) is 18.2 Å². The van der Waals surface area contributed by atoms with E-state index in [1.54, 1.807) is 0 Å². The number of carboxylic acid groups (broad SMARTS) is 2. The van der Waals surface area contributed by atoms with E-state index < -0.39 is 66.9 Å². The van der Waals surface area contributed by atoms with Crippen LogP contribution in [-0.2, 0) is 30.4 Å². The zero-order valence-electron chi connectivity index (χ0n) is 16.7. The van der Waals surface area contributed by atoms with E-state index in [2.05, 4.69) is 25.9 Å². The molecule has 14 nitrogen and oxygen atoms in total. The standard InChI is InChI=1S/C17H26N6O8/c1-8(18)14(27)23-12(6-24)16(29)22-11(4-9-5-19-7-20-9)15(28)21-10(17(30)31)2-3-13(25)26/h5,7-8,10-12,24H,2-4,6,18H2,1H3,(H,19,20)(H,21,28)(H,22,29)(H,23,27)(H,25,26)(H,30,31). The molecule has 1 rings (SSSR count). The number of hydrogen-bond donors (Lipinski definition) is 8. The van der Waals surface area contributed by atoms with Gasteiger partial charge < -0.3 is 42.0 Å². The van der Waals surface area contributed by atoms with Crippen LogP contribution < -0.4 is 21.7 Å². The SMILES string of the molecule is CC(N)C(=O)NC(CO)C(=O)NC(Cc1cnc[nH]1)C(=O)NC(CCC(=O)O)C(=O)O. The molecule has 0 spiro atoms. The molecule has 1 heterocycles. The average molecular weight is 442 g/mol. The van der Waals surface area contributed by atoms with Gasteiger partial charge in [0.15, 0.2) is 0 Å². The second-order valence-corrected chi connectivity index (χ2v) is 6.71. The Bertz CT molecular complexity index is 782. The van der Waals surface area contributed by atoms with Gasteiger partial charge in [-0.25, -0.2) is 9.78 Å². The molecule has 1 aromatic heterocycles. The van der Waals surface area contributed by atoms with Crippen molar-refractivity contribution >= 4 is 29.7 Å². The number of carbonyl (C=O) groups is 5. The highest BCUT2D eigenvalue weighted by molar-refractivity contribution is 5.94. The third kappa shape index (κ3) is 8.79. The topological polar surface area (TPSA) is 237 Å². The number of aliphatic hydroxyl groups is 1. The Morgan fingerprint density at radius 2 is 1.61 bits per heavy atom. The number of aromatic amines is 1. The number of aromatic nitrogens is 2. The summed E-state index contributed by atoms with van der Waals surface area (Å²) in [5, 5.41) is 34.1. The smallest absolute Gasteiger partial charge is 0.326 e. The molecule has 0 aliphatic carbocycles. The first kappa shape index (κ1) is 25.5. The first-order valence-electron chi connectivity index (χ1n) is 9.24. The van der Waals surface area contributed by atoms with E-state index >= 15 is 0 Å². The lowest BCUT2D eigenvalue weighted by Gasteiger charge is -2.23. The lowest BCUT2D eigenvalue weighted by molar-refractivity contribution is -0.143. The summed E-state index contributed by atoms with van der Waals surface area (Å²) in [5.41, 5.74) is 5.84. The number of aliphatic carboxylic acids is 2. The normalized spacial score (nSPS) is 14.5. The molecule has 0 fully saturated rings. The summed E-state index contributed by atoms with van der Waals surface area (Å²) in [6.07, 6.45) is 1.73. The van der Waals surface area contributed by atoms with Gasteiger partial charge in [-0.2, -0.15) is 0 Å². The molecule has 0 aromatic carbocycles. The number of nitrogens with zero attached hydrogens (tertiary/aromatic N) is 1. The van der Waals surface area contributed by atoms with Gasteiger partial charge >= 0.3 is 11.9 Å². The third-order valence-corrected chi connectivity index (χ3v) is 4.10. The number of aliphatic hydroxyl groups excluding tert-OH is 1. The summed E-state index contributed by atoms with van der Waals surface area (Å²) in [6.45, 7) is 0.596. The van der Waals surface area contributed by atoms with Crippen LogP contribution in [0, 0.1) is 0 Å². The molecule has 0 saturated heterocycles. The van der Waals surface area contributed by atoms with Crippen LogP contribution in [0.1, 0.15) is 25.5 Å². The van der Waals surface area contributed by atoms with E-state index in [-0.39, 0.29) is 12.8 Å². The van der Waals surface area contributed by atoms with Crippen LogP contribution in [-0.4, -0.2) is 85.7 Å². The maximum atomic E-state index is 12.7. The van der Waals surface area contributed by atoms with Crippen molar-refractivity contribution in [3.63, 3.8) is 0 Å². The molecule has 4 atom stereocenters. The highest BCUT2D eigenvalue weighted by Gasteiger charge is 2.30. The van der Waals surface area contributed by atoms with Crippen LogP contribution in [0.4, 0.5) is 0 Å². The van der Waals surface area contributed by atoms with Gasteiger partial charge in [-0.05, 0) is 13.3 Å². The van der Waals surface area contributed by atoms with Crippen LogP contribution in [0.25, 0.3) is 0 Å². The Hall–Kier alpha value is -3.52. The van der Waals surface area contributed by atoms with Gasteiger partial charge in [0.25, 0.3) is 0 Å². The summed E-state index contributed by atoms with van der Waals surface area (Å²) in [4.78, 5) is 65.4.